The molecule has 0 radical (unpaired) electrons. The summed E-state index contributed by atoms with van der Waals surface area (Å²) in [4.78, 5) is 3.17. The second-order valence-corrected chi connectivity index (χ2v) is 8.28. The second-order valence-electron chi connectivity index (χ2n) is 8.28. The van der Waals surface area contributed by atoms with Crippen LogP contribution in [0.3, 0.4) is 0 Å². The predicted molar refractivity (Wildman–Crippen MR) is 112 cm³/mol. The first-order chi connectivity index (χ1) is 12.8. The van der Waals surface area contributed by atoms with Crippen molar-refractivity contribution in [2.45, 2.75) is 103 Å². The standard InChI is InChI=1S/C24H40N2/c1-2-3-4-5-6-7-8-9-10-11-12-14-17-24(18-15-13-16-19-24)22-26-21-20-25-23-26/h13,15-16,18,20-21,23H,2-12,14,17,19,22H2,1H3/p+1. The van der Waals surface area contributed by atoms with Gasteiger partial charge in [-0.05, 0) is 12.8 Å². The molecular formula is C24H41N2+. The van der Waals surface area contributed by atoms with Crippen LogP contribution in [-0.4, -0.2) is 4.98 Å². The molecule has 1 unspecified atom stereocenters. The quantitative estimate of drug-likeness (QED) is 0.260. The molecule has 1 atom stereocenters. The van der Waals surface area contributed by atoms with Gasteiger partial charge in [0, 0.05) is 5.41 Å². The molecule has 2 heteroatoms. The highest BCUT2D eigenvalue weighted by Crippen LogP contribution is 2.34. The maximum atomic E-state index is 3.17. The Morgan fingerprint density at radius 1 is 0.846 bits per heavy atom. The van der Waals surface area contributed by atoms with E-state index in [1.54, 1.807) is 0 Å². The van der Waals surface area contributed by atoms with E-state index >= 15 is 0 Å². The molecule has 1 aromatic rings. The van der Waals surface area contributed by atoms with Crippen LogP contribution in [0.4, 0.5) is 0 Å². The summed E-state index contributed by atoms with van der Waals surface area (Å²) in [6.07, 6.45) is 35.1. The summed E-state index contributed by atoms with van der Waals surface area (Å²) in [5.74, 6) is 0. The highest BCUT2D eigenvalue weighted by molar-refractivity contribution is 5.15. The van der Waals surface area contributed by atoms with Crippen molar-refractivity contribution in [1.82, 2.24) is 4.98 Å². The van der Waals surface area contributed by atoms with E-state index in [1.807, 2.05) is 6.20 Å². The van der Waals surface area contributed by atoms with Crippen molar-refractivity contribution < 1.29 is 4.57 Å². The van der Waals surface area contributed by atoms with Crippen LogP contribution >= 0.6 is 0 Å². The number of H-pyrrole nitrogens is 1. The van der Waals surface area contributed by atoms with Gasteiger partial charge < -0.3 is 0 Å². The maximum absolute atomic E-state index is 3.17. The highest BCUT2D eigenvalue weighted by atomic mass is 15.0. The van der Waals surface area contributed by atoms with Crippen molar-refractivity contribution in [3.8, 4) is 0 Å². The number of hydrogen-bond donors (Lipinski definition) is 1. The molecule has 146 valence electrons. The third kappa shape index (κ3) is 8.38. The molecule has 1 aromatic heterocycles. The van der Waals surface area contributed by atoms with Crippen LogP contribution < -0.4 is 4.57 Å². The van der Waals surface area contributed by atoms with Crippen LogP contribution in [-0.2, 0) is 6.54 Å². The molecule has 1 N–H and O–H groups in total. The molecule has 2 nitrogen and oxygen atoms in total. The molecule has 1 heterocycles. The molecule has 0 saturated carbocycles. The van der Waals surface area contributed by atoms with Crippen molar-refractivity contribution in [1.29, 1.82) is 0 Å². The van der Waals surface area contributed by atoms with Gasteiger partial charge in [-0.1, -0.05) is 108 Å². The maximum Gasteiger partial charge on any atom is 0.241 e. The smallest absolute Gasteiger partial charge is 0.241 e. The molecular weight excluding hydrogens is 316 g/mol. The van der Waals surface area contributed by atoms with E-state index in [0.29, 0.717) is 5.41 Å². The van der Waals surface area contributed by atoms with Crippen LogP contribution in [0.25, 0.3) is 0 Å². The lowest BCUT2D eigenvalue weighted by Crippen LogP contribution is -2.41. The fourth-order valence-corrected chi connectivity index (χ4v) is 4.19. The summed E-state index contributed by atoms with van der Waals surface area (Å²) in [6, 6.07) is 0. The molecule has 1 aliphatic carbocycles. The lowest BCUT2D eigenvalue weighted by atomic mass is 9.77. The molecule has 0 amide bonds. The Morgan fingerprint density at radius 2 is 1.50 bits per heavy atom. The van der Waals surface area contributed by atoms with E-state index in [1.165, 1.54) is 89.9 Å². The first-order valence-electron chi connectivity index (χ1n) is 11.2. The Morgan fingerprint density at radius 3 is 2.04 bits per heavy atom. The number of imidazole rings is 1. The zero-order valence-corrected chi connectivity index (χ0v) is 17.1. The SMILES string of the molecule is CCCCCCCCCCCCCCC1(C[n+]2cc[nH]c2)C=CC=CC1. The molecule has 2 rings (SSSR count). The minimum absolute atomic E-state index is 0.320. The zero-order valence-electron chi connectivity index (χ0n) is 17.1. The van der Waals surface area contributed by atoms with E-state index in [2.05, 4.69) is 53.3 Å². The van der Waals surface area contributed by atoms with Crippen molar-refractivity contribution in [2.24, 2.45) is 5.41 Å². The Labute approximate surface area is 161 Å². The van der Waals surface area contributed by atoms with E-state index in [-0.39, 0.29) is 0 Å². The van der Waals surface area contributed by atoms with Crippen LogP contribution in [0.1, 0.15) is 96.8 Å². The summed E-state index contributed by atoms with van der Waals surface area (Å²) in [6.45, 7) is 3.39. The molecule has 26 heavy (non-hydrogen) atoms. The van der Waals surface area contributed by atoms with Crippen LogP contribution in [0.5, 0.6) is 0 Å². The first-order valence-corrected chi connectivity index (χ1v) is 11.2. The Kier molecular flexibility index (Phi) is 10.5. The van der Waals surface area contributed by atoms with Gasteiger partial charge in [0.15, 0.2) is 0 Å². The molecule has 0 fully saturated rings. The number of hydrogen-bond acceptors (Lipinski definition) is 0. The lowest BCUT2D eigenvalue weighted by molar-refractivity contribution is -0.706. The lowest BCUT2D eigenvalue weighted by Gasteiger charge is -2.29. The average Bonchev–Trinajstić information content (AvgIpc) is 3.16. The van der Waals surface area contributed by atoms with Crippen molar-refractivity contribution in [2.75, 3.05) is 0 Å². The highest BCUT2D eigenvalue weighted by Gasteiger charge is 2.29. The van der Waals surface area contributed by atoms with E-state index < -0.39 is 0 Å². The average molecular weight is 358 g/mol. The minimum atomic E-state index is 0.320. The van der Waals surface area contributed by atoms with Gasteiger partial charge in [0.2, 0.25) is 6.33 Å². The second kappa shape index (κ2) is 12.9. The fourth-order valence-electron chi connectivity index (χ4n) is 4.19. The van der Waals surface area contributed by atoms with Gasteiger partial charge in [-0.3, -0.25) is 4.98 Å². The molecule has 1 aliphatic rings. The first kappa shape index (κ1) is 21.0. The van der Waals surface area contributed by atoms with Crippen LogP contribution in [0, 0.1) is 5.41 Å². The van der Waals surface area contributed by atoms with Crippen LogP contribution in [0.2, 0.25) is 0 Å². The van der Waals surface area contributed by atoms with Gasteiger partial charge in [0.1, 0.15) is 12.4 Å². The summed E-state index contributed by atoms with van der Waals surface area (Å²) in [7, 11) is 0. The summed E-state index contributed by atoms with van der Waals surface area (Å²) < 4.78 is 2.30. The molecule has 0 spiro atoms. The number of allylic oxidation sites excluding steroid dienone is 4. The normalized spacial score (nSPS) is 19.3. The van der Waals surface area contributed by atoms with Crippen LogP contribution in [0.15, 0.2) is 43.0 Å². The third-order valence-corrected chi connectivity index (χ3v) is 5.85. The summed E-state index contributed by atoms with van der Waals surface area (Å²) >= 11 is 0. The van der Waals surface area contributed by atoms with Crippen molar-refractivity contribution >= 4 is 0 Å². The number of unbranched alkanes of at least 4 members (excludes halogenated alkanes) is 11. The van der Waals surface area contributed by atoms with E-state index in [4.69, 9.17) is 0 Å². The monoisotopic (exact) mass is 357 g/mol. The predicted octanol–water partition coefficient (Wildman–Crippen LogP) is 6.90. The van der Waals surface area contributed by atoms with Crippen molar-refractivity contribution in [3.05, 3.63) is 43.0 Å². The van der Waals surface area contributed by atoms with E-state index in [9.17, 15) is 0 Å². The van der Waals surface area contributed by atoms with Gasteiger partial charge >= 0.3 is 0 Å². The van der Waals surface area contributed by atoms with Gasteiger partial charge in [-0.2, -0.15) is 0 Å². The molecule has 0 aromatic carbocycles. The number of aromatic amines is 1. The van der Waals surface area contributed by atoms with Gasteiger partial charge in [-0.25, -0.2) is 4.57 Å². The fraction of sp³-hybridized carbons (Fsp3) is 0.708. The number of aromatic nitrogens is 2. The Balaban J connectivity index is 1.52. The third-order valence-electron chi connectivity index (χ3n) is 5.85. The Hall–Kier alpha value is -1.31. The minimum Gasteiger partial charge on any atom is -0.250 e. The van der Waals surface area contributed by atoms with E-state index in [0.717, 1.165) is 6.54 Å². The topological polar surface area (TPSA) is 19.7 Å². The van der Waals surface area contributed by atoms with Gasteiger partial charge in [0.05, 0.1) is 6.54 Å². The molecule has 0 aliphatic heterocycles. The number of rotatable bonds is 15. The molecule has 0 saturated heterocycles. The van der Waals surface area contributed by atoms with Gasteiger partial charge in [-0.15, -0.1) is 0 Å². The molecule has 0 bridgehead atoms. The largest absolute Gasteiger partial charge is 0.250 e. The summed E-state index contributed by atoms with van der Waals surface area (Å²) in [5.41, 5.74) is 0.320. The zero-order chi connectivity index (χ0) is 18.3. The Bertz CT molecular complexity index is 500. The number of nitrogens with zero attached hydrogens (tertiary/aromatic N) is 1. The van der Waals surface area contributed by atoms with Gasteiger partial charge in [0.25, 0.3) is 0 Å². The summed E-state index contributed by atoms with van der Waals surface area (Å²) in [5, 5.41) is 0. The number of nitrogens with one attached hydrogen (secondary N) is 1. The van der Waals surface area contributed by atoms with Crippen molar-refractivity contribution in [3.63, 3.8) is 0 Å².